The Labute approximate surface area is 120 Å². The predicted molar refractivity (Wildman–Crippen MR) is 76.9 cm³/mol. The van der Waals surface area contributed by atoms with E-state index in [0.29, 0.717) is 5.69 Å². The van der Waals surface area contributed by atoms with Gasteiger partial charge in [0.1, 0.15) is 0 Å². The second-order valence-corrected chi connectivity index (χ2v) is 4.09. The lowest BCUT2D eigenvalue weighted by atomic mass is 10.1. The molecule has 2 aromatic rings. The highest BCUT2D eigenvalue weighted by molar-refractivity contribution is 5.89. The maximum Gasteiger partial charge on any atom is 0.335 e. The Kier molecular flexibility index (Phi) is 4.25. The summed E-state index contributed by atoms with van der Waals surface area (Å²) in [6.45, 7) is 0. The number of carbonyl (C=O) groups is 2. The topological polar surface area (TPSA) is 118 Å². The Morgan fingerprint density at radius 3 is 2.57 bits per heavy atom. The zero-order valence-electron chi connectivity index (χ0n) is 10.9. The number of nitrogens with one attached hydrogen (secondary N) is 1. The number of aromatic carboxylic acids is 1. The molecule has 4 N–H and O–H groups in total. The van der Waals surface area contributed by atoms with E-state index in [4.69, 9.17) is 10.8 Å². The van der Waals surface area contributed by atoms with Gasteiger partial charge in [0.2, 0.25) is 0 Å². The first-order valence-corrected chi connectivity index (χ1v) is 5.94. The minimum atomic E-state index is -1.00. The number of nitrogens with two attached hydrogens (primary N) is 1. The lowest BCUT2D eigenvalue weighted by molar-refractivity contribution is 0.0696. The number of amides is 2. The van der Waals surface area contributed by atoms with Gasteiger partial charge in [-0.05, 0) is 17.7 Å². The molecule has 0 radical (unpaired) electrons. The van der Waals surface area contributed by atoms with Crippen LogP contribution >= 0.6 is 0 Å². The molecule has 0 fully saturated rings. The Morgan fingerprint density at radius 1 is 1.24 bits per heavy atom. The number of benzene rings is 1. The largest absolute Gasteiger partial charge is 0.478 e. The Hall–Kier alpha value is -3.22. The molecular weight excluding hydrogens is 272 g/mol. The molecule has 0 unspecified atom stereocenters. The summed E-state index contributed by atoms with van der Waals surface area (Å²) in [5.74, 6) is -1.00. The molecule has 0 bridgehead atoms. The van der Waals surface area contributed by atoms with Crippen molar-refractivity contribution in [3.63, 3.8) is 0 Å². The number of carboxylic acid groups (broad SMARTS) is 1. The number of nitrogens with zero attached hydrogens (tertiary/aromatic N) is 2. The van der Waals surface area contributed by atoms with E-state index >= 15 is 0 Å². The zero-order valence-corrected chi connectivity index (χ0v) is 10.9. The quantitative estimate of drug-likeness (QED) is 0.581. The van der Waals surface area contributed by atoms with Crippen molar-refractivity contribution < 1.29 is 14.7 Å². The number of hydrogen-bond acceptors (Lipinski definition) is 4. The Bertz CT molecular complexity index is 696. The van der Waals surface area contributed by atoms with Crippen LogP contribution in [0, 0.1) is 0 Å². The van der Waals surface area contributed by atoms with Crippen LogP contribution in [0.4, 0.5) is 4.79 Å². The molecule has 0 spiro atoms. The molecule has 7 nitrogen and oxygen atoms in total. The maximum atomic E-state index is 10.9. The van der Waals surface area contributed by atoms with Gasteiger partial charge in [0.15, 0.2) is 0 Å². The third kappa shape index (κ3) is 3.87. The molecule has 7 heteroatoms. The number of hydrogen-bond donors (Lipinski definition) is 3. The van der Waals surface area contributed by atoms with E-state index < -0.39 is 12.0 Å². The van der Waals surface area contributed by atoms with Crippen molar-refractivity contribution in [1.82, 2.24) is 10.4 Å². The summed E-state index contributed by atoms with van der Waals surface area (Å²) in [4.78, 5) is 25.5. The normalized spacial score (nSPS) is 10.5. The van der Waals surface area contributed by atoms with E-state index in [1.807, 2.05) is 0 Å². The second-order valence-electron chi connectivity index (χ2n) is 4.09. The van der Waals surface area contributed by atoms with Gasteiger partial charge in [0.25, 0.3) is 0 Å². The number of primary amides is 1. The van der Waals surface area contributed by atoms with E-state index in [1.54, 1.807) is 24.3 Å². The molecule has 0 aliphatic carbocycles. The molecule has 106 valence electrons. The van der Waals surface area contributed by atoms with Gasteiger partial charge in [0.05, 0.1) is 17.5 Å². The number of aromatic nitrogens is 1. The number of hydrazone groups is 1. The third-order valence-electron chi connectivity index (χ3n) is 2.60. The molecule has 1 aromatic carbocycles. The summed E-state index contributed by atoms with van der Waals surface area (Å²) in [5.41, 5.74) is 9.23. The fourth-order valence-electron chi connectivity index (χ4n) is 1.63. The molecule has 0 aliphatic heterocycles. The minimum absolute atomic E-state index is 0.177. The smallest absolute Gasteiger partial charge is 0.335 e. The average molecular weight is 284 g/mol. The van der Waals surface area contributed by atoms with Crippen LogP contribution in [-0.4, -0.2) is 28.3 Å². The SMILES string of the molecule is NC(=O)NN=Cc1ccc(-c2cc(C(=O)O)ccn2)cc1. The van der Waals surface area contributed by atoms with Crippen molar-refractivity contribution >= 4 is 18.2 Å². The molecule has 1 aromatic heterocycles. The monoisotopic (exact) mass is 284 g/mol. The minimum Gasteiger partial charge on any atom is -0.478 e. The van der Waals surface area contributed by atoms with Crippen LogP contribution in [0.5, 0.6) is 0 Å². The van der Waals surface area contributed by atoms with E-state index in [1.165, 1.54) is 24.5 Å². The van der Waals surface area contributed by atoms with Crippen molar-refractivity contribution in [2.24, 2.45) is 10.8 Å². The number of pyridine rings is 1. The van der Waals surface area contributed by atoms with E-state index in [0.717, 1.165) is 11.1 Å². The highest BCUT2D eigenvalue weighted by Gasteiger charge is 2.05. The molecule has 2 rings (SSSR count). The predicted octanol–water partition coefficient (Wildman–Crippen LogP) is 1.45. The molecular formula is C14H12N4O3. The molecule has 21 heavy (non-hydrogen) atoms. The molecule has 0 saturated heterocycles. The van der Waals surface area contributed by atoms with Crippen LogP contribution in [-0.2, 0) is 0 Å². The fraction of sp³-hybridized carbons (Fsp3) is 0. The first-order valence-electron chi connectivity index (χ1n) is 5.94. The van der Waals surface area contributed by atoms with Crippen LogP contribution in [0.25, 0.3) is 11.3 Å². The highest BCUT2D eigenvalue weighted by Crippen LogP contribution is 2.18. The summed E-state index contributed by atoms with van der Waals surface area (Å²) >= 11 is 0. The lowest BCUT2D eigenvalue weighted by Gasteiger charge is -2.02. The van der Waals surface area contributed by atoms with Gasteiger partial charge < -0.3 is 10.8 Å². The zero-order chi connectivity index (χ0) is 15.2. The molecule has 1 heterocycles. The summed E-state index contributed by atoms with van der Waals surface area (Å²) in [7, 11) is 0. The van der Waals surface area contributed by atoms with Crippen LogP contribution in [0.1, 0.15) is 15.9 Å². The van der Waals surface area contributed by atoms with Crippen LogP contribution < -0.4 is 11.2 Å². The van der Waals surface area contributed by atoms with Gasteiger partial charge in [-0.25, -0.2) is 15.0 Å². The summed E-state index contributed by atoms with van der Waals surface area (Å²) < 4.78 is 0. The van der Waals surface area contributed by atoms with Gasteiger partial charge >= 0.3 is 12.0 Å². The molecule has 2 amide bonds. The Balaban J connectivity index is 2.19. The van der Waals surface area contributed by atoms with Crippen LogP contribution in [0.2, 0.25) is 0 Å². The fourth-order valence-corrected chi connectivity index (χ4v) is 1.63. The summed E-state index contributed by atoms with van der Waals surface area (Å²) in [5, 5.41) is 12.6. The number of urea groups is 1. The second kappa shape index (κ2) is 6.29. The lowest BCUT2D eigenvalue weighted by Crippen LogP contribution is -2.24. The summed E-state index contributed by atoms with van der Waals surface area (Å²) in [6.07, 6.45) is 2.89. The van der Waals surface area contributed by atoms with Crippen molar-refractivity contribution in [2.45, 2.75) is 0 Å². The standard InChI is InChI=1S/C14H12N4O3/c15-14(21)18-17-8-9-1-3-10(4-2-9)12-7-11(13(19)20)5-6-16-12/h1-8H,(H,19,20)(H3,15,18,21). The number of rotatable bonds is 4. The first-order chi connectivity index (χ1) is 10.1. The van der Waals surface area contributed by atoms with Crippen LogP contribution in [0.3, 0.4) is 0 Å². The van der Waals surface area contributed by atoms with Gasteiger partial charge in [-0.3, -0.25) is 4.98 Å². The maximum absolute atomic E-state index is 10.9. The van der Waals surface area contributed by atoms with Crippen molar-refractivity contribution in [3.05, 3.63) is 53.7 Å². The van der Waals surface area contributed by atoms with Crippen LogP contribution in [0.15, 0.2) is 47.7 Å². The van der Waals surface area contributed by atoms with Crippen molar-refractivity contribution in [2.75, 3.05) is 0 Å². The summed E-state index contributed by atoms with van der Waals surface area (Å²) in [6, 6.07) is 9.27. The van der Waals surface area contributed by atoms with Crippen molar-refractivity contribution in [3.8, 4) is 11.3 Å². The average Bonchev–Trinajstić information content (AvgIpc) is 2.48. The van der Waals surface area contributed by atoms with E-state index in [-0.39, 0.29) is 5.56 Å². The van der Waals surface area contributed by atoms with Gasteiger partial charge in [0, 0.05) is 11.8 Å². The van der Waals surface area contributed by atoms with E-state index in [2.05, 4.69) is 15.5 Å². The Morgan fingerprint density at radius 2 is 1.95 bits per heavy atom. The number of carboxylic acids is 1. The van der Waals surface area contributed by atoms with Gasteiger partial charge in [-0.15, -0.1) is 0 Å². The third-order valence-corrected chi connectivity index (χ3v) is 2.60. The molecule has 0 saturated carbocycles. The molecule has 0 atom stereocenters. The highest BCUT2D eigenvalue weighted by atomic mass is 16.4. The van der Waals surface area contributed by atoms with Gasteiger partial charge in [-0.2, -0.15) is 5.10 Å². The molecule has 0 aliphatic rings. The van der Waals surface area contributed by atoms with E-state index in [9.17, 15) is 9.59 Å². The number of carbonyl (C=O) groups excluding carboxylic acids is 1. The van der Waals surface area contributed by atoms with Crippen molar-refractivity contribution in [1.29, 1.82) is 0 Å². The van der Waals surface area contributed by atoms with Gasteiger partial charge in [-0.1, -0.05) is 24.3 Å². The first kappa shape index (κ1) is 14.2.